The third-order valence-corrected chi connectivity index (χ3v) is 6.78. The Kier molecular flexibility index (Phi) is 8.44. The van der Waals surface area contributed by atoms with Crippen molar-refractivity contribution in [3.63, 3.8) is 0 Å². The molecule has 0 saturated carbocycles. The average molecular weight is 524 g/mol. The maximum Gasteiger partial charge on any atom is 0.254 e. The fraction of sp³-hybridized carbons (Fsp3) is 0.393. The van der Waals surface area contributed by atoms with Crippen molar-refractivity contribution in [1.82, 2.24) is 24.8 Å². The second-order valence-corrected chi connectivity index (χ2v) is 10.2. The summed E-state index contributed by atoms with van der Waals surface area (Å²) in [6.45, 7) is 6.09. The van der Waals surface area contributed by atoms with E-state index in [2.05, 4.69) is 33.5 Å². The molecular weight excluding hydrogens is 490 g/mol. The first kappa shape index (κ1) is 27.0. The van der Waals surface area contributed by atoms with Gasteiger partial charge in [-0.1, -0.05) is 23.7 Å². The number of methoxy groups -OCH3 is 1. The third kappa shape index (κ3) is 6.27. The van der Waals surface area contributed by atoms with Crippen molar-refractivity contribution in [3.05, 3.63) is 82.2 Å². The number of pyridine rings is 1. The highest BCUT2D eigenvalue weighted by atomic mass is 35.5. The summed E-state index contributed by atoms with van der Waals surface area (Å²) in [5.41, 5.74) is 5.28. The van der Waals surface area contributed by atoms with Gasteiger partial charge in [-0.15, -0.1) is 0 Å². The van der Waals surface area contributed by atoms with Gasteiger partial charge in [0.1, 0.15) is 11.7 Å². The normalized spacial score (nSPS) is 15.9. The smallest absolute Gasteiger partial charge is 0.254 e. The number of imidazole rings is 1. The van der Waals surface area contributed by atoms with Crippen LogP contribution in [0, 0.1) is 0 Å². The highest BCUT2D eigenvalue weighted by Gasteiger charge is 2.30. The van der Waals surface area contributed by atoms with E-state index in [1.54, 1.807) is 18.3 Å². The Hall–Kier alpha value is -3.04. The van der Waals surface area contributed by atoms with E-state index < -0.39 is 5.60 Å². The molecule has 1 aliphatic carbocycles. The van der Waals surface area contributed by atoms with E-state index >= 15 is 0 Å². The lowest BCUT2D eigenvalue weighted by molar-refractivity contribution is -0.148. The number of hydrogen-bond donors (Lipinski definition) is 2. The van der Waals surface area contributed by atoms with Crippen molar-refractivity contribution in [2.75, 3.05) is 33.3 Å². The largest absolute Gasteiger partial charge is 0.381 e. The molecule has 1 amide bonds. The molecule has 0 spiro atoms. The minimum absolute atomic E-state index is 0.177. The molecule has 1 saturated heterocycles. The van der Waals surface area contributed by atoms with Crippen molar-refractivity contribution in [1.29, 1.82) is 0 Å². The summed E-state index contributed by atoms with van der Waals surface area (Å²) < 4.78 is 7.87. The number of fused-ring (bicyclic) bond motifs is 2. The van der Waals surface area contributed by atoms with Gasteiger partial charge in [-0.25, -0.2) is 4.98 Å². The van der Waals surface area contributed by atoms with Gasteiger partial charge in [0, 0.05) is 58.0 Å². The molecule has 37 heavy (non-hydrogen) atoms. The molecular formula is C28H34ClN5O3. The first-order valence-electron chi connectivity index (χ1n) is 12.3. The van der Waals surface area contributed by atoms with Gasteiger partial charge >= 0.3 is 0 Å². The number of aryl methyl sites for hydroxylation is 1. The summed E-state index contributed by atoms with van der Waals surface area (Å²) in [6.07, 6.45) is 8.15. The molecule has 1 aliphatic heterocycles. The molecule has 8 nitrogen and oxygen atoms in total. The first-order valence-corrected chi connectivity index (χ1v) is 12.7. The van der Waals surface area contributed by atoms with Crippen LogP contribution in [0.4, 0.5) is 0 Å². The Morgan fingerprint density at radius 3 is 2.65 bits per heavy atom. The standard InChI is InChI=1S/C20H18ClN3O.C8H16N2O2/c1-24-12-22-11-19(24)20(25-2)17-8-14-4-3-7-23-18(14)9-13-5-6-15(21)10-16(13)17;1-8(2,12)7(11)10-5-3-9-4-6-10/h3-8,10-12,20H,9H2,1-2H3;9,12H,3-6H2,1-2H3. The van der Waals surface area contributed by atoms with Crippen molar-refractivity contribution >= 4 is 29.2 Å². The van der Waals surface area contributed by atoms with Crippen LogP contribution in [0.3, 0.4) is 0 Å². The fourth-order valence-corrected chi connectivity index (χ4v) is 4.80. The summed E-state index contributed by atoms with van der Waals surface area (Å²) in [5, 5.41) is 13.3. The molecule has 0 bridgehead atoms. The van der Waals surface area contributed by atoms with Crippen molar-refractivity contribution < 1.29 is 14.6 Å². The number of rotatable bonds is 4. The minimum Gasteiger partial charge on any atom is -0.381 e. The number of carbonyl (C=O) groups is 1. The van der Waals surface area contributed by atoms with Crippen LogP contribution in [0.2, 0.25) is 5.02 Å². The van der Waals surface area contributed by atoms with Crippen molar-refractivity contribution in [3.8, 4) is 0 Å². The lowest BCUT2D eigenvalue weighted by atomic mass is 9.93. The van der Waals surface area contributed by atoms with Crippen LogP contribution in [-0.4, -0.2) is 69.3 Å². The number of nitrogens with zero attached hydrogens (tertiary/aromatic N) is 4. The zero-order valence-electron chi connectivity index (χ0n) is 21.7. The van der Waals surface area contributed by atoms with E-state index in [4.69, 9.17) is 16.3 Å². The molecule has 1 atom stereocenters. The minimum atomic E-state index is -1.22. The number of nitrogens with one attached hydrogen (secondary N) is 1. The van der Waals surface area contributed by atoms with E-state index in [1.807, 2.05) is 42.2 Å². The van der Waals surface area contributed by atoms with E-state index in [-0.39, 0.29) is 12.0 Å². The summed E-state index contributed by atoms with van der Waals surface area (Å²) in [4.78, 5) is 22.0. The van der Waals surface area contributed by atoms with Gasteiger partial charge in [-0.05, 0) is 60.4 Å². The third-order valence-electron chi connectivity index (χ3n) is 6.55. The second kappa shape index (κ2) is 11.6. The quantitative estimate of drug-likeness (QED) is 0.544. The van der Waals surface area contributed by atoms with Crippen LogP contribution < -0.4 is 5.32 Å². The molecule has 2 aromatic heterocycles. The number of ether oxygens (including phenoxy) is 1. The Bertz CT molecular complexity index is 1270. The van der Waals surface area contributed by atoms with Crippen LogP contribution in [0.25, 0.3) is 11.6 Å². The maximum absolute atomic E-state index is 11.5. The van der Waals surface area contributed by atoms with Crippen molar-refractivity contribution in [2.24, 2.45) is 7.05 Å². The van der Waals surface area contributed by atoms with E-state index in [0.29, 0.717) is 18.1 Å². The lowest BCUT2D eigenvalue weighted by Crippen LogP contribution is -2.52. The number of aromatic nitrogens is 3. The first-order chi connectivity index (χ1) is 17.7. The van der Waals surface area contributed by atoms with Crippen molar-refractivity contribution in [2.45, 2.75) is 32.0 Å². The monoisotopic (exact) mass is 523 g/mol. The number of amides is 1. The van der Waals surface area contributed by atoms with Gasteiger partial charge in [0.05, 0.1) is 23.9 Å². The molecule has 1 aromatic carbocycles. The van der Waals surface area contributed by atoms with E-state index in [9.17, 15) is 9.90 Å². The average Bonchev–Trinajstić information content (AvgIpc) is 3.23. The van der Waals surface area contributed by atoms with Crippen LogP contribution in [0.1, 0.15) is 48.0 Å². The molecule has 2 N–H and O–H groups in total. The topological polar surface area (TPSA) is 92.5 Å². The molecule has 0 radical (unpaired) electrons. The fourth-order valence-electron chi connectivity index (χ4n) is 4.63. The number of halogens is 1. The van der Waals surface area contributed by atoms with Crippen LogP contribution in [-0.2, 0) is 23.0 Å². The summed E-state index contributed by atoms with van der Waals surface area (Å²) >= 11 is 6.31. The Labute approximate surface area is 223 Å². The van der Waals surface area contributed by atoms with E-state index in [0.717, 1.165) is 47.6 Å². The molecule has 1 fully saturated rings. The Morgan fingerprint density at radius 1 is 1.24 bits per heavy atom. The highest BCUT2D eigenvalue weighted by molar-refractivity contribution is 6.30. The molecule has 196 valence electrons. The van der Waals surface area contributed by atoms with Gasteiger partial charge < -0.3 is 24.6 Å². The van der Waals surface area contributed by atoms with E-state index in [1.165, 1.54) is 19.4 Å². The predicted molar refractivity (Wildman–Crippen MR) is 145 cm³/mol. The molecule has 5 rings (SSSR count). The van der Waals surface area contributed by atoms with Crippen LogP contribution >= 0.6 is 11.6 Å². The lowest BCUT2D eigenvalue weighted by Gasteiger charge is -2.31. The number of hydrogen-bond acceptors (Lipinski definition) is 6. The van der Waals surface area contributed by atoms with Gasteiger partial charge in [0.25, 0.3) is 5.91 Å². The van der Waals surface area contributed by atoms with Crippen LogP contribution in [0.15, 0.2) is 49.1 Å². The molecule has 1 unspecified atom stereocenters. The molecule has 9 heteroatoms. The zero-order chi connectivity index (χ0) is 26.6. The van der Waals surface area contributed by atoms with Gasteiger partial charge in [-0.3, -0.25) is 9.78 Å². The number of piperazine rings is 1. The summed E-state index contributed by atoms with van der Waals surface area (Å²) in [7, 11) is 3.69. The van der Waals surface area contributed by atoms with Gasteiger partial charge in [0.15, 0.2) is 0 Å². The Morgan fingerprint density at radius 2 is 2.00 bits per heavy atom. The van der Waals surface area contributed by atoms with Gasteiger partial charge in [-0.2, -0.15) is 0 Å². The van der Waals surface area contributed by atoms with Crippen LogP contribution in [0.5, 0.6) is 0 Å². The zero-order valence-corrected chi connectivity index (χ0v) is 22.5. The molecule has 3 heterocycles. The maximum atomic E-state index is 11.5. The number of carbonyl (C=O) groups excluding carboxylic acids is 1. The molecule has 3 aromatic rings. The number of aliphatic hydroxyl groups is 1. The Balaban J connectivity index is 0.000000225. The highest BCUT2D eigenvalue weighted by Crippen LogP contribution is 2.39. The second-order valence-electron chi connectivity index (χ2n) is 9.76. The molecule has 2 aliphatic rings. The number of benzene rings is 1. The predicted octanol–water partition coefficient (Wildman–Crippen LogP) is 3.49. The summed E-state index contributed by atoms with van der Waals surface area (Å²) in [5.74, 6) is -0.177. The van der Waals surface area contributed by atoms with Gasteiger partial charge in [0.2, 0.25) is 0 Å². The summed E-state index contributed by atoms with van der Waals surface area (Å²) in [6, 6.07) is 10.1. The SMILES string of the molecule is CC(C)(O)C(=O)N1CCNCC1.COC(C1=Cc2cccnc2Cc2ccc(Cl)cc21)c1cncn1C.